The van der Waals surface area contributed by atoms with Crippen LogP contribution in [0.25, 0.3) is 0 Å². The maximum atomic E-state index is 5.24. The van der Waals surface area contributed by atoms with Gasteiger partial charge >= 0.3 is 0 Å². The summed E-state index contributed by atoms with van der Waals surface area (Å²) in [6, 6.07) is 10.2. The summed E-state index contributed by atoms with van der Waals surface area (Å²) in [5.41, 5.74) is 1.21. The van der Waals surface area contributed by atoms with E-state index in [1.54, 1.807) is 0 Å². The molecule has 0 radical (unpaired) electrons. The standard InChI is InChI=1S/C12H13N3O/c1-2-4-9(5-3-1)6-11-14-12(16-15-11)10-7-13-8-10/h1-5,10,13H,6-8H2. The molecular formula is C12H13N3O. The minimum absolute atomic E-state index is 0.414. The van der Waals surface area contributed by atoms with Crippen molar-refractivity contribution < 1.29 is 4.52 Å². The summed E-state index contributed by atoms with van der Waals surface area (Å²) in [5.74, 6) is 1.95. The average Bonchev–Trinajstić information content (AvgIpc) is 2.65. The summed E-state index contributed by atoms with van der Waals surface area (Å²) >= 11 is 0. The minimum Gasteiger partial charge on any atom is -0.339 e. The highest BCUT2D eigenvalue weighted by atomic mass is 16.5. The summed E-state index contributed by atoms with van der Waals surface area (Å²) in [4.78, 5) is 4.41. The lowest BCUT2D eigenvalue weighted by molar-refractivity contribution is 0.306. The number of hydrogen-bond donors (Lipinski definition) is 1. The maximum absolute atomic E-state index is 5.24. The third-order valence-electron chi connectivity index (χ3n) is 2.82. The van der Waals surface area contributed by atoms with E-state index in [4.69, 9.17) is 4.52 Å². The van der Waals surface area contributed by atoms with E-state index in [0.717, 1.165) is 31.2 Å². The summed E-state index contributed by atoms with van der Waals surface area (Å²) in [6.45, 7) is 1.90. The van der Waals surface area contributed by atoms with Gasteiger partial charge < -0.3 is 9.84 Å². The molecule has 1 N–H and O–H groups in total. The van der Waals surface area contributed by atoms with Crippen molar-refractivity contribution in [1.82, 2.24) is 15.5 Å². The Bertz CT molecular complexity index is 462. The normalized spacial score (nSPS) is 16.0. The van der Waals surface area contributed by atoms with E-state index >= 15 is 0 Å². The highest BCUT2D eigenvalue weighted by Crippen LogP contribution is 2.18. The second-order valence-electron chi connectivity index (χ2n) is 4.07. The Morgan fingerprint density at radius 3 is 2.75 bits per heavy atom. The van der Waals surface area contributed by atoms with Gasteiger partial charge in [0.25, 0.3) is 0 Å². The van der Waals surface area contributed by atoms with Crippen molar-refractivity contribution in [3.63, 3.8) is 0 Å². The monoisotopic (exact) mass is 215 g/mol. The highest BCUT2D eigenvalue weighted by molar-refractivity contribution is 5.18. The van der Waals surface area contributed by atoms with Gasteiger partial charge in [0.05, 0.1) is 5.92 Å². The van der Waals surface area contributed by atoms with Gasteiger partial charge in [-0.2, -0.15) is 4.98 Å². The minimum atomic E-state index is 0.414. The van der Waals surface area contributed by atoms with Crippen molar-refractivity contribution in [3.8, 4) is 0 Å². The van der Waals surface area contributed by atoms with Gasteiger partial charge in [-0.3, -0.25) is 0 Å². The molecule has 4 heteroatoms. The predicted molar refractivity (Wildman–Crippen MR) is 59.2 cm³/mol. The second-order valence-corrected chi connectivity index (χ2v) is 4.07. The van der Waals surface area contributed by atoms with Gasteiger partial charge in [0.1, 0.15) is 0 Å². The van der Waals surface area contributed by atoms with Crippen LogP contribution in [-0.4, -0.2) is 23.2 Å². The summed E-state index contributed by atoms with van der Waals surface area (Å²) in [6.07, 6.45) is 0.741. The molecule has 16 heavy (non-hydrogen) atoms. The Hall–Kier alpha value is -1.68. The first-order valence-corrected chi connectivity index (χ1v) is 5.49. The molecule has 2 aromatic rings. The van der Waals surface area contributed by atoms with Crippen LogP contribution in [0.2, 0.25) is 0 Å². The third-order valence-corrected chi connectivity index (χ3v) is 2.82. The fourth-order valence-electron chi connectivity index (χ4n) is 1.75. The van der Waals surface area contributed by atoms with Crippen LogP contribution in [0.3, 0.4) is 0 Å². The molecule has 1 aromatic carbocycles. The van der Waals surface area contributed by atoms with Crippen molar-refractivity contribution >= 4 is 0 Å². The molecular weight excluding hydrogens is 202 g/mol. The van der Waals surface area contributed by atoms with Crippen LogP contribution in [0.15, 0.2) is 34.9 Å². The van der Waals surface area contributed by atoms with Gasteiger partial charge in [-0.1, -0.05) is 35.5 Å². The molecule has 1 fully saturated rings. The lowest BCUT2D eigenvalue weighted by Gasteiger charge is -2.22. The van der Waals surface area contributed by atoms with Crippen molar-refractivity contribution in [3.05, 3.63) is 47.6 Å². The zero-order chi connectivity index (χ0) is 10.8. The molecule has 0 amide bonds. The van der Waals surface area contributed by atoms with Gasteiger partial charge in [-0.25, -0.2) is 0 Å². The Kier molecular flexibility index (Phi) is 2.42. The smallest absolute Gasteiger partial charge is 0.232 e. The fourth-order valence-corrected chi connectivity index (χ4v) is 1.75. The van der Waals surface area contributed by atoms with Gasteiger partial charge in [0, 0.05) is 19.5 Å². The van der Waals surface area contributed by atoms with Crippen LogP contribution in [0.5, 0.6) is 0 Å². The molecule has 1 saturated heterocycles. The third kappa shape index (κ3) is 1.84. The van der Waals surface area contributed by atoms with Gasteiger partial charge in [-0.05, 0) is 5.56 Å². The van der Waals surface area contributed by atoms with Crippen LogP contribution in [0.1, 0.15) is 23.2 Å². The Morgan fingerprint density at radius 2 is 2.06 bits per heavy atom. The molecule has 0 bridgehead atoms. The summed E-state index contributed by atoms with van der Waals surface area (Å²) in [5, 5.41) is 7.19. The van der Waals surface area contributed by atoms with E-state index in [2.05, 4.69) is 27.6 Å². The molecule has 1 aliphatic heterocycles. The Balaban J connectivity index is 1.73. The predicted octanol–water partition coefficient (Wildman–Crippen LogP) is 1.35. The van der Waals surface area contributed by atoms with E-state index in [9.17, 15) is 0 Å². The number of rotatable bonds is 3. The van der Waals surface area contributed by atoms with Gasteiger partial charge in [0.15, 0.2) is 5.82 Å². The molecule has 4 nitrogen and oxygen atoms in total. The fraction of sp³-hybridized carbons (Fsp3) is 0.333. The van der Waals surface area contributed by atoms with Gasteiger partial charge in [-0.15, -0.1) is 0 Å². The first-order valence-electron chi connectivity index (χ1n) is 5.49. The quantitative estimate of drug-likeness (QED) is 0.839. The SMILES string of the molecule is c1ccc(Cc2noc(C3CNC3)n2)cc1. The number of aromatic nitrogens is 2. The molecule has 0 aliphatic carbocycles. The zero-order valence-electron chi connectivity index (χ0n) is 8.89. The van der Waals surface area contributed by atoms with Crippen LogP contribution < -0.4 is 5.32 Å². The molecule has 0 spiro atoms. The first kappa shape index (κ1) is 9.54. The van der Waals surface area contributed by atoms with Crippen LogP contribution in [0, 0.1) is 0 Å². The lowest BCUT2D eigenvalue weighted by Crippen LogP contribution is -2.40. The van der Waals surface area contributed by atoms with E-state index < -0.39 is 0 Å². The molecule has 3 rings (SSSR count). The molecule has 0 atom stereocenters. The molecule has 2 heterocycles. The number of hydrogen-bond acceptors (Lipinski definition) is 4. The highest BCUT2D eigenvalue weighted by Gasteiger charge is 2.24. The van der Waals surface area contributed by atoms with E-state index in [1.165, 1.54) is 5.56 Å². The van der Waals surface area contributed by atoms with E-state index in [1.807, 2.05) is 18.2 Å². The van der Waals surface area contributed by atoms with Crippen molar-refractivity contribution in [1.29, 1.82) is 0 Å². The number of benzene rings is 1. The molecule has 1 aliphatic rings. The summed E-state index contributed by atoms with van der Waals surface area (Å²) < 4.78 is 5.24. The van der Waals surface area contributed by atoms with Crippen molar-refractivity contribution in [2.75, 3.05) is 13.1 Å². The Labute approximate surface area is 93.7 Å². The average molecular weight is 215 g/mol. The molecule has 0 unspecified atom stereocenters. The molecule has 82 valence electrons. The summed E-state index contributed by atoms with van der Waals surface area (Å²) in [7, 11) is 0. The van der Waals surface area contributed by atoms with Crippen LogP contribution >= 0.6 is 0 Å². The topological polar surface area (TPSA) is 51.0 Å². The van der Waals surface area contributed by atoms with E-state index in [-0.39, 0.29) is 0 Å². The zero-order valence-corrected chi connectivity index (χ0v) is 8.89. The van der Waals surface area contributed by atoms with Crippen LogP contribution in [0.4, 0.5) is 0 Å². The Morgan fingerprint density at radius 1 is 1.25 bits per heavy atom. The van der Waals surface area contributed by atoms with Crippen molar-refractivity contribution in [2.45, 2.75) is 12.3 Å². The van der Waals surface area contributed by atoms with E-state index in [0.29, 0.717) is 5.92 Å². The lowest BCUT2D eigenvalue weighted by atomic mass is 10.0. The number of nitrogens with zero attached hydrogens (tertiary/aromatic N) is 2. The first-order chi connectivity index (χ1) is 7.92. The molecule has 1 aromatic heterocycles. The molecule has 0 saturated carbocycles. The number of nitrogens with one attached hydrogen (secondary N) is 1. The second kappa shape index (κ2) is 4.06. The van der Waals surface area contributed by atoms with Crippen LogP contribution in [-0.2, 0) is 6.42 Å². The maximum Gasteiger partial charge on any atom is 0.232 e. The van der Waals surface area contributed by atoms with Crippen molar-refractivity contribution in [2.24, 2.45) is 0 Å². The largest absolute Gasteiger partial charge is 0.339 e. The van der Waals surface area contributed by atoms with Gasteiger partial charge in [0.2, 0.25) is 5.89 Å².